The van der Waals surface area contributed by atoms with Crippen LogP contribution in [0.5, 0.6) is 11.5 Å². The Kier molecular flexibility index (Phi) is 13.9. The highest BCUT2D eigenvalue weighted by molar-refractivity contribution is 6.00. The number of aromatic nitrogens is 8. The first-order chi connectivity index (χ1) is 43.4. The molecule has 8 bridgehead atoms. The van der Waals surface area contributed by atoms with Gasteiger partial charge in [-0.2, -0.15) is 0 Å². The van der Waals surface area contributed by atoms with Gasteiger partial charge in [0.25, 0.3) is 11.1 Å². The number of fused-ring (bicyclic) bond motifs is 10. The van der Waals surface area contributed by atoms with Gasteiger partial charge in [-0.05, 0) is 137 Å². The lowest BCUT2D eigenvalue weighted by Gasteiger charge is -2.24. The zero-order chi connectivity index (χ0) is 61.7. The van der Waals surface area contributed by atoms with Gasteiger partial charge in [0.2, 0.25) is 0 Å². The number of ether oxygens (including phenoxy) is 8. The summed E-state index contributed by atoms with van der Waals surface area (Å²) in [5.74, 6) is -0.771. The summed E-state index contributed by atoms with van der Waals surface area (Å²) in [5, 5.41) is 0. The van der Waals surface area contributed by atoms with E-state index in [0.29, 0.717) is 22.9 Å². The lowest BCUT2D eigenvalue weighted by molar-refractivity contribution is -0.200. The quantitative estimate of drug-likeness (QED) is 0.0890. The highest BCUT2D eigenvalue weighted by atomic mass is 16.8. The van der Waals surface area contributed by atoms with Crippen LogP contribution < -0.4 is 32.0 Å². The van der Waals surface area contributed by atoms with Gasteiger partial charge in [-0.15, -0.1) is 0 Å². The van der Waals surface area contributed by atoms with E-state index in [1.807, 2.05) is 88.4 Å². The minimum Gasteiger partial charge on any atom is -0.491 e. The first-order valence-electron chi connectivity index (χ1n) is 29.9. The maximum atomic E-state index is 13.0. The van der Waals surface area contributed by atoms with Crippen LogP contribution in [0.15, 0.2) is 165 Å². The number of nitrogens with one attached hydrogen (secondary N) is 4. The lowest BCUT2D eigenvalue weighted by atomic mass is 10.0. The topological polar surface area (TPSA) is 241 Å². The van der Waals surface area contributed by atoms with E-state index in [2.05, 4.69) is 119 Å². The molecule has 0 saturated carbocycles. The molecule has 20 heteroatoms. The molecule has 11 heterocycles. The van der Waals surface area contributed by atoms with E-state index in [1.54, 1.807) is 0 Å². The summed E-state index contributed by atoms with van der Waals surface area (Å²) in [4.78, 5) is 73.2. The first kappa shape index (κ1) is 56.7. The van der Waals surface area contributed by atoms with Crippen LogP contribution in [0.2, 0.25) is 0 Å². The number of rotatable bonds is 12. The molecule has 0 unspecified atom stereocenters. The second-order valence-electron chi connectivity index (χ2n) is 24.2. The van der Waals surface area contributed by atoms with E-state index in [4.69, 9.17) is 47.9 Å². The van der Waals surface area contributed by atoms with Crippen LogP contribution in [0.25, 0.3) is 90.9 Å². The van der Waals surface area contributed by atoms with Gasteiger partial charge in [0.1, 0.15) is 61.3 Å². The lowest BCUT2D eigenvalue weighted by Crippen LogP contribution is -2.37. The minimum atomic E-state index is -0.951. The summed E-state index contributed by atoms with van der Waals surface area (Å²) in [6.07, 6.45) is 5.64. The van der Waals surface area contributed by atoms with Crippen molar-refractivity contribution in [1.82, 2.24) is 39.0 Å². The molecule has 0 amide bonds. The van der Waals surface area contributed by atoms with Gasteiger partial charge in [0.15, 0.2) is 24.0 Å². The standard InChI is InChI=1S/C70H62N8O12/c1-37-7-11-39(12-8-37)57-45-23-24-46(71-45)58(40-13-9-38(2)10-14-40)48-26-28-50(73-48)60(42-17-21-44(22-18-42)84-36-54-62-64(90-70(5,6)88-62)66(86-54)78-34-32-56(80)76-68(78)82)52-30-29-51(74-52)59(49-27-25-47(57)72-49)41-15-19-43(20-16-41)83-35-53-61-63(89-69(3,4)87-61)65(85-53)77-33-31-55(79)75-67(77)81/h7-34,53-54,61-66,72-73H,35-36H2,1-6H3,(H,75,79,81)(H,76,80,82)/t53-,54-,61-,62-,63-,64-,65-,66-/m1/s1. The number of hydrogen-bond acceptors (Lipinski definition) is 14. The van der Waals surface area contributed by atoms with Gasteiger partial charge in [0.05, 0.1) is 22.8 Å². The SMILES string of the molecule is Cc1ccc(-c2c3nc(c(-c4ccc(C)cc4)c4ccc([nH]4)c(-c4ccc(OC[C@H]5O[C@@H](n6ccc(=O)[nH]c6=O)[C@@H]6OC(C)(C)O[C@@H]65)cc4)c4nc(c(-c5ccc(OC[C@H]6O[C@@H](n7ccc(=O)[nH]c7=O)[C@@H]7OC(C)(C)O[C@@H]76)cc5)c5ccc2[nH]5)C=C4)C=C3)cc1. The predicted octanol–water partition coefficient (Wildman–Crippen LogP) is 10.6. The third-order valence-electron chi connectivity index (χ3n) is 17.1. The monoisotopic (exact) mass is 1210 g/mol. The zero-order valence-corrected chi connectivity index (χ0v) is 49.9. The number of hydrogen-bond donors (Lipinski definition) is 4. The Balaban J connectivity index is 0.829. The maximum Gasteiger partial charge on any atom is 0.330 e. The molecule has 454 valence electrons. The fourth-order valence-electron chi connectivity index (χ4n) is 12.9. The number of nitrogens with zero attached hydrogens (tertiary/aromatic N) is 4. The molecule has 0 spiro atoms. The molecular formula is C70H62N8O12. The van der Waals surface area contributed by atoms with Gasteiger partial charge in [-0.3, -0.25) is 28.7 Å². The van der Waals surface area contributed by atoms with Crippen molar-refractivity contribution in [1.29, 1.82) is 0 Å². The molecule has 90 heavy (non-hydrogen) atoms. The predicted molar refractivity (Wildman–Crippen MR) is 339 cm³/mol. The molecule has 4 aromatic carbocycles. The third-order valence-corrected chi connectivity index (χ3v) is 17.1. The van der Waals surface area contributed by atoms with E-state index < -0.39 is 83.2 Å². The van der Waals surface area contributed by atoms with E-state index >= 15 is 0 Å². The molecule has 0 radical (unpaired) electrons. The Bertz CT molecular complexity index is 4510. The van der Waals surface area contributed by atoms with Gasteiger partial charge in [-0.25, -0.2) is 19.6 Å². The normalized spacial score (nSPS) is 22.6. The van der Waals surface area contributed by atoms with Crippen molar-refractivity contribution >= 4 is 46.4 Å². The summed E-state index contributed by atoms with van der Waals surface area (Å²) in [7, 11) is 0. The molecule has 4 N–H and O–H groups in total. The molecule has 0 aliphatic carbocycles. The molecule has 9 aromatic rings. The number of H-pyrrole nitrogens is 4. The van der Waals surface area contributed by atoms with E-state index in [-0.39, 0.29) is 13.2 Å². The van der Waals surface area contributed by atoms with Crippen molar-refractivity contribution in [2.24, 2.45) is 0 Å². The third kappa shape index (κ3) is 10.5. The smallest absolute Gasteiger partial charge is 0.330 e. The average molecular weight is 1210 g/mol. The second-order valence-corrected chi connectivity index (χ2v) is 24.2. The molecule has 4 fully saturated rings. The largest absolute Gasteiger partial charge is 0.491 e. The molecule has 4 saturated heterocycles. The van der Waals surface area contributed by atoms with Crippen LogP contribution in [0, 0.1) is 13.8 Å². The first-order valence-corrected chi connectivity index (χ1v) is 29.9. The molecule has 20 nitrogen and oxygen atoms in total. The number of benzene rings is 4. The molecule has 6 aliphatic heterocycles. The van der Waals surface area contributed by atoms with Crippen molar-refractivity contribution in [3.8, 4) is 56.0 Å². The summed E-state index contributed by atoms with van der Waals surface area (Å²) in [6.45, 7) is 11.5. The fourth-order valence-corrected chi connectivity index (χ4v) is 12.9. The van der Waals surface area contributed by atoms with E-state index in [1.165, 1.54) is 33.7 Å². The fraction of sp³-hybridized carbons (Fsp3) is 0.257. The molecule has 6 aliphatic rings. The van der Waals surface area contributed by atoms with E-state index in [0.717, 1.165) is 89.1 Å². The summed E-state index contributed by atoms with van der Waals surface area (Å²) in [5.41, 5.74) is 13.6. The molecule has 15 rings (SSSR count). The zero-order valence-electron chi connectivity index (χ0n) is 49.9. The van der Waals surface area contributed by atoms with Gasteiger partial charge >= 0.3 is 11.4 Å². The maximum absolute atomic E-state index is 13.0. The Morgan fingerprint density at radius 1 is 0.411 bits per heavy atom. The Labute approximate surface area is 514 Å². The van der Waals surface area contributed by atoms with Gasteiger partial charge < -0.3 is 47.9 Å². The Morgan fingerprint density at radius 2 is 0.722 bits per heavy atom. The van der Waals surface area contributed by atoms with Crippen LogP contribution in [0.3, 0.4) is 0 Å². The molecule has 5 aromatic heterocycles. The van der Waals surface area contributed by atoms with Gasteiger partial charge in [-0.1, -0.05) is 83.9 Å². The number of aromatic amines is 4. The Morgan fingerprint density at radius 3 is 1.04 bits per heavy atom. The average Bonchev–Trinajstić information content (AvgIpc) is 1.65. The molecule has 8 atom stereocenters. The van der Waals surface area contributed by atoms with Crippen LogP contribution >= 0.6 is 0 Å². The van der Waals surface area contributed by atoms with Crippen molar-refractivity contribution in [3.63, 3.8) is 0 Å². The summed E-state index contributed by atoms with van der Waals surface area (Å²) >= 11 is 0. The van der Waals surface area contributed by atoms with E-state index in [9.17, 15) is 19.2 Å². The van der Waals surface area contributed by atoms with Crippen molar-refractivity contribution in [2.45, 2.75) is 102 Å². The molecular weight excluding hydrogens is 1140 g/mol. The highest BCUT2D eigenvalue weighted by Crippen LogP contribution is 2.46. The van der Waals surface area contributed by atoms with Crippen LogP contribution in [-0.2, 0) is 28.4 Å². The van der Waals surface area contributed by atoms with Crippen LogP contribution in [-0.4, -0.2) is 100 Å². The number of aryl methyl sites for hydroxylation is 2. The minimum absolute atomic E-state index is 0.0759. The highest BCUT2D eigenvalue weighted by Gasteiger charge is 2.57. The van der Waals surface area contributed by atoms with Crippen molar-refractivity contribution < 1.29 is 37.9 Å². The van der Waals surface area contributed by atoms with Gasteiger partial charge in [0, 0.05) is 68.8 Å². The summed E-state index contributed by atoms with van der Waals surface area (Å²) in [6, 6.07) is 43.5. The Hall–Kier alpha value is -9.80. The van der Waals surface area contributed by atoms with Crippen molar-refractivity contribution in [2.75, 3.05) is 13.2 Å². The van der Waals surface area contributed by atoms with Crippen LogP contribution in [0.4, 0.5) is 0 Å². The second kappa shape index (κ2) is 22.1. The summed E-state index contributed by atoms with van der Waals surface area (Å²) < 4.78 is 53.5. The van der Waals surface area contributed by atoms with Crippen molar-refractivity contribution in [3.05, 3.63) is 221 Å². The van der Waals surface area contributed by atoms with Crippen LogP contribution in [0.1, 0.15) is 74.1 Å².